The molecule has 29 heavy (non-hydrogen) atoms. The first-order valence-electron chi connectivity index (χ1n) is 10.8. The number of hydrogen-bond donors (Lipinski definition) is 0. The van der Waals surface area contributed by atoms with E-state index in [0.29, 0.717) is 0 Å². The number of allylic oxidation sites excluding steroid dienone is 4. The average molecular weight is 395 g/mol. The number of benzene rings is 2. The molecule has 0 aliphatic carbocycles. The Labute approximate surface area is 183 Å². The highest BCUT2D eigenvalue weighted by molar-refractivity contribution is 5.48. The monoisotopic (exact) mass is 394 g/mol. The quantitative estimate of drug-likeness (QED) is 0.444. The summed E-state index contributed by atoms with van der Waals surface area (Å²) >= 11 is 0. The molecule has 0 aliphatic rings. The first kappa shape index (κ1) is 31.4. The summed E-state index contributed by atoms with van der Waals surface area (Å²) < 4.78 is 0. The van der Waals surface area contributed by atoms with Gasteiger partial charge < -0.3 is 0 Å². The Hall–Kier alpha value is -2.34. The molecule has 0 heterocycles. The zero-order valence-corrected chi connectivity index (χ0v) is 21.1. The molecule has 162 valence electrons. The van der Waals surface area contributed by atoms with Crippen molar-refractivity contribution < 1.29 is 0 Å². The van der Waals surface area contributed by atoms with Gasteiger partial charge in [-0.05, 0) is 54.0 Å². The van der Waals surface area contributed by atoms with Gasteiger partial charge in [-0.15, -0.1) is 0 Å². The van der Waals surface area contributed by atoms with Gasteiger partial charge in [0.2, 0.25) is 0 Å². The highest BCUT2D eigenvalue weighted by Gasteiger charge is 1.83. The molecule has 0 radical (unpaired) electrons. The van der Waals surface area contributed by atoms with Crippen molar-refractivity contribution in [1.29, 1.82) is 0 Å². The summed E-state index contributed by atoms with van der Waals surface area (Å²) in [5.41, 5.74) is 7.88. The summed E-state index contributed by atoms with van der Waals surface area (Å²) in [4.78, 5) is 0. The molecule has 0 N–H and O–H groups in total. The third-order valence-electron chi connectivity index (χ3n) is 3.70. The van der Waals surface area contributed by atoms with Crippen molar-refractivity contribution >= 4 is 6.08 Å². The first-order valence-corrected chi connectivity index (χ1v) is 10.8. The fourth-order valence-electron chi connectivity index (χ4n) is 1.88. The molecule has 0 aromatic heterocycles. The van der Waals surface area contributed by atoms with Crippen molar-refractivity contribution in [2.45, 2.75) is 76.2 Å². The van der Waals surface area contributed by atoms with Crippen LogP contribution in [-0.4, -0.2) is 0 Å². The summed E-state index contributed by atoms with van der Waals surface area (Å²) in [7, 11) is 0. The van der Waals surface area contributed by atoms with E-state index in [9.17, 15) is 0 Å². The molecule has 0 nitrogen and oxygen atoms in total. The van der Waals surface area contributed by atoms with Crippen molar-refractivity contribution in [1.82, 2.24) is 0 Å². The zero-order chi connectivity index (χ0) is 23.2. The van der Waals surface area contributed by atoms with Gasteiger partial charge in [-0.1, -0.05) is 129 Å². The molecule has 0 unspecified atom stereocenters. The van der Waals surface area contributed by atoms with Crippen molar-refractivity contribution in [3.05, 3.63) is 101 Å². The molecule has 0 aliphatic heterocycles. The highest BCUT2D eigenvalue weighted by Crippen LogP contribution is 2.04. The van der Waals surface area contributed by atoms with E-state index in [4.69, 9.17) is 0 Å². The Morgan fingerprint density at radius 3 is 1.41 bits per heavy atom. The summed E-state index contributed by atoms with van der Waals surface area (Å²) in [6.07, 6.45) is 6.01. The Bertz CT molecular complexity index is 661. The SMILES string of the molecule is C/C=C/c1ccc(C)cc1.C=CC(C)=C(C)C.CC.CC.Cc1cccc(C)c1. The van der Waals surface area contributed by atoms with Gasteiger partial charge in [0.25, 0.3) is 0 Å². The maximum absolute atomic E-state index is 3.62. The Balaban J connectivity index is -0.000000326. The van der Waals surface area contributed by atoms with Gasteiger partial charge in [0.05, 0.1) is 0 Å². The van der Waals surface area contributed by atoms with Crippen LogP contribution < -0.4 is 0 Å². The van der Waals surface area contributed by atoms with E-state index in [1.54, 1.807) is 0 Å². The molecule has 2 aromatic carbocycles. The van der Waals surface area contributed by atoms with Gasteiger partial charge in [0.1, 0.15) is 0 Å². The Morgan fingerprint density at radius 2 is 1.17 bits per heavy atom. The molecule has 0 heteroatoms. The van der Waals surface area contributed by atoms with E-state index in [1.807, 2.05) is 46.8 Å². The molecule has 2 aromatic rings. The zero-order valence-electron chi connectivity index (χ0n) is 21.1. The van der Waals surface area contributed by atoms with Crippen LogP contribution >= 0.6 is 0 Å². The van der Waals surface area contributed by atoms with Crippen molar-refractivity contribution in [3.8, 4) is 0 Å². The maximum Gasteiger partial charge on any atom is -0.0260 e. The minimum absolute atomic E-state index is 1.27. The van der Waals surface area contributed by atoms with E-state index in [0.717, 1.165) is 0 Å². The minimum atomic E-state index is 1.27. The third-order valence-corrected chi connectivity index (χ3v) is 3.70. The fraction of sp³-hybridized carbons (Fsp3) is 0.379. The standard InChI is InChI=1S/C10H12.C8H10.C7H12.2C2H6/c1-3-4-10-7-5-9(2)6-8-10;1-7-4-3-5-8(2)6-7;1-5-7(4)6(2)3;2*1-2/h3-8H,1-2H3;3-6H,1-2H3;5H,1H2,2-4H3;2*1-2H3/b4-3+;;;;. The predicted octanol–water partition coefficient (Wildman–Crippen LogP) is 9.91. The maximum atomic E-state index is 3.62. The average Bonchev–Trinajstić information content (AvgIpc) is 2.73. The van der Waals surface area contributed by atoms with E-state index in [1.165, 1.54) is 33.4 Å². The van der Waals surface area contributed by atoms with Crippen LogP contribution in [0.15, 0.2) is 78.4 Å². The van der Waals surface area contributed by atoms with Crippen molar-refractivity contribution in [3.63, 3.8) is 0 Å². The molecule has 0 fully saturated rings. The largest absolute Gasteiger partial charge is 0.0988 e. The summed E-state index contributed by atoms with van der Waals surface area (Å²) in [6.45, 7) is 26.2. The van der Waals surface area contributed by atoms with E-state index in [2.05, 4.69) is 103 Å². The lowest BCUT2D eigenvalue weighted by atomic mass is 10.1. The molecule has 0 atom stereocenters. The number of rotatable bonds is 2. The number of hydrogen-bond acceptors (Lipinski definition) is 0. The molecule has 0 amide bonds. The Kier molecular flexibility index (Phi) is 23.7. The smallest absolute Gasteiger partial charge is 0.0260 e. The lowest BCUT2D eigenvalue weighted by Gasteiger charge is -1.92. The van der Waals surface area contributed by atoms with E-state index < -0.39 is 0 Å². The van der Waals surface area contributed by atoms with Crippen LogP contribution in [-0.2, 0) is 0 Å². The van der Waals surface area contributed by atoms with Crippen LogP contribution in [0.25, 0.3) is 6.08 Å². The lowest BCUT2D eigenvalue weighted by molar-refractivity contribution is 1.30. The molecule has 0 saturated carbocycles. The van der Waals surface area contributed by atoms with E-state index in [-0.39, 0.29) is 0 Å². The molecule has 0 bridgehead atoms. The summed E-state index contributed by atoms with van der Waals surface area (Å²) in [5.74, 6) is 0. The highest BCUT2D eigenvalue weighted by atomic mass is 13.9. The molecular formula is C29H46. The van der Waals surface area contributed by atoms with Crippen LogP contribution in [0.2, 0.25) is 0 Å². The topological polar surface area (TPSA) is 0 Å². The minimum Gasteiger partial charge on any atom is -0.0988 e. The van der Waals surface area contributed by atoms with Crippen LogP contribution in [0, 0.1) is 20.8 Å². The summed E-state index contributed by atoms with van der Waals surface area (Å²) in [5, 5.41) is 0. The predicted molar refractivity (Wildman–Crippen MR) is 139 cm³/mol. The van der Waals surface area contributed by atoms with Crippen LogP contribution in [0.5, 0.6) is 0 Å². The van der Waals surface area contributed by atoms with Crippen LogP contribution in [0.4, 0.5) is 0 Å². The van der Waals surface area contributed by atoms with Gasteiger partial charge >= 0.3 is 0 Å². The third kappa shape index (κ3) is 20.2. The Morgan fingerprint density at radius 1 is 0.724 bits per heavy atom. The van der Waals surface area contributed by atoms with Crippen LogP contribution in [0.3, 0.4) is 0 Å². The van der Waals surface area contributed by atoms with Gasteiger partial charge in [-0.25, -0.2) is 0 Å². The molecular weight excluding hydrogens is 348 g/mol. The normalized spacial score (nSPS) is 8.52. The van der Waals surface area contributed by atoms with Gasteiger partial charge in [-0.3, -0.25) is 0 Å². The lowest BCUT2D eigenvalue weighted by Crippen LogP contribution is -1.71. The molecule has 2 rings (SSSR count). The van der Waals surface area contributed by atoms with E-state index >= 15 is 0 Å². The number of aryl methyl sites for hydroxylation is 3. The second-order valence-corrected chi connectivity index (χ2v) is 6.46. The van der Waals surface area contributed by atoms with Gasteiger partial charge in [0, 0.05) is 0 Å². The first-order chi connectivity index (χ1) is 13.8. The molecule has 0 saturated heterocycles. The fourth-order valence-corrected chi connectivity index (χ4v) is 1.88. The second-order valence-electron chi connectivity index (χ2n) is 6.46. The van der Waals surface area contributed by atoms with Crippen molar-refractivity contribution in [2.24, 2.45) is 0 Å². The van der Waals surface area contributed by atoms with Gasteiger partial charge in [-0.2, -0.15) is 0 Å². The van der Waals surface area contributed by atoms with Crippen LogP contribution in [0.1, 0.15) is 77.6 Å². The summed E-state index contributed by atoms with van der Waals surface area (Å²) in [6, 6.07) is 16.9. The molecule has 0 spiro atoms. The van der Waals surface area contributed by atoms with Crippen molar-refractivity contribution in [2.75, 3.05) is 0 Å². The van der Waals surface area contributed by atoms with Gasteiger partial charge in [0.15, 0.2) is 0 Å². The second kappa shape index (κ2) is 22.0.